The van der Waals surface area contributed by atoms with Gasteiger partial charge in [-0.05, 0) is 30.5 Å². The highest BCUT2D eigenvalue weighted by molar-refractivity contribution is 7.90. The van der Waals surface area contributed by atoms with E-state index in [2.05, 4.69) is 5.10 Å². The van der Waals surface area contributed by atoms with Crippen LogP contribution in [0.25, 0.3) is 11.1 Å². The van der Waals surface area contributed by atoms with Gasteiger partial charge < -0.3 is 5.73 Å². The van der Waals surface area contributed by atoms with Crippen molar-refractivity contribution in [3.8, 4) is 11.1 Å². The standard InChI is InChI=1S/C12H13N3O2S/c13-11-3-1-2-9(6-11)10-7-14-15(8-10)18(16,17)12-4-5-12/h1-3,6-8,12H,4-5,13H2. The van der Waals surface area contributed by atoms with E-state index < -0.39 is 10.0 Å². The van der Waals surface area contributed by atoms with Crippen molar-refractivity contribution in [1.82, 2.24) is 9.19 Å². The maximum Gasteiger partial charge on any atom is 0.256 e. The zero-order valence-corrected chi connectivity index (χ0v) is 10.5. The lowest BCUT2D eigenvalue weighted by Gasteiger charge is -2.01. The van der Waals surface area contributed by atoms with Gasteiger partial charge in [-0.15, -0.1) is 0 Å². The molecule has 94 valence electrons. The van der Waals surface area contributed by atoms with E-state index in [4.69, 9.17) is 5.73 Å². The van der Waals surface area contributed by atoms with E-state index in [-0.39, 0.29) is 5.25 Å². The van der Waals surface area contributed by atoms with Crippen molar-refractivity contribution < 1.29 is 8.42 Å². The molecule has 18 heavy (non-hydrogen) atoms. The van der Waals surface area contributed by atoms with Crippen molar-refractivity contribution in [2.45, 2.75) is 18.1 Å². The Morgan fingerprint density at radius 1 is 1.28 bits per heavy atom. The Morgan fingerprint density at radius 3 is 2.72 bits per heavy atom. The molecule has 0 spiro atoms. The molecule has 1 aliphatic carbocycles. The highest BCUT2D eigenvalue weighted by Gasteiger charge is 2.37. The Kier molecular flexibility index (Phi) is 2.41. The monoisotopic (exact) mass is 263 g/mol. The molecule has 1 aliphatic rings. The molecule has 0 amide bonds. The molecule has 0 aliphatic heterocycles. The van der Waals surface area contributed by atoms with Crippen LogP contribution >= 0.6 is 0 Å². The number of hydrogen-bond donors (Lipinski definition) is 1. The summed E-state index contributed by atoms with van der Waals surface area (Å²) in [6, 6.07) is 7.29. The van der Waals surface area contributed by atoms with Gasteiger partial charge in [0.2, 0.25) is 0 Å². The van der Waals surface area contributed by atoms with Crippen LogP contribution in [0.1, 0.15) is 12.8 Å². The van der Waals surface area contributed by atoms with Crippen LogP contribution in [0.4, 0.5) is 5.69 Å². The van der Waals surface area contributed by atoms with Crippen LogP contribution in [0.5, 0.6) is 0 Å². The van der Waals surface area contributed by atoms with Crippen molar-refractivity contribution in [3.63, 3.8) is 0 Å². The van der Waals surface area contributed by atoms with Gasteiger partial charge in [0.25, 0.3) is 10.0 Å². The second kappa shape index (κ2) is 3.84. The maximum absolute atomic E-state index is 12.0. The summed E-state index contributed by atoms with van der Waals surface area (Å²) in [5.74, 6) is 0. The third-order valence-electron chi connectivity index (χ3n) is 2.99. The predicted molar refractivity (Wildman–Crippen MR) is 69.4 cm³/mol. The number of rotatable bonds is 3. The van der Waals surface area contributed by atoms with Gasteiger partial charge in [0.15, 0.2) is 0 Å². The first-order valence-electron chi connectivity index (χ1n) is 5.72. The second-order valence-electron chi connectivity index (χ2n) is 4.47. The van der Waals surface area contributed by atoms with Gasteiger partial charge in [0, 0.05) is 11.3 Å². The van der Waals surface area contributed by atoms with E-state index in [1.807, 2.05) is 12.1 Å². The van der Waals surface area contributed by atoms with Crippen molar-refractivity contribution in [1.29, 1.82) is 0 Å². The summed E-state index contributed by atoms with van der Waals surface area (Å²) >= 11 is 0. The van der Waals surface area contributed by atoms with Crippen molar-refractivity contribution >= 4 is 15.7 Å². The molecule has 0 radical (unpaired) electrons. The fourth-order valence-corrected chi connectivity index (χ4v) is 3.31. The van der Waals surface area contributed by atoms with Crippen molar-refractivity contribution in [3.05, 3.63) is 36.7 Å². The molecular weight excluding hydrogens is 250 g/mol. The molecule has 2 N–H and O–H groups in total. The Balaban J connectivity index is 1.99. The minimum absolute atomic E-state index is 0.258. The molecule has 6 heteroatoms. The Bertz CT molecular complexity index is 687. The summed E-state index contributed by atoms with van der Waals surface area (Å²) in [5.41, 5.74) is 7.97. The molecule has 1 fully saturated rings. The summed E-state index contributed by atoms with van der Waals surface area (Å²) in [4.78, 5) is 0. The number of nitrogen functional groups attached to an aromatic ring is 1. The van der Waals surface area contributed by atoms with Crippen LogP contribution < -0.4 is 5.73 Å². The maximum atomic E-state index is 12.0. The van der Waals surface area contributed by atoms with E-state index in [1.54, 1.807) is 24.5 Å². The van der Waals surface area contributed by atoms with Gasteiger partial charge in [-0.3, -0.25) is 0 Å². The number of aromatic nitrogens is 2. The summed E-state index contributed by atoms with van der Waals surface area (Å²) in [5, 5.41) is 3.68. The van der Waals surface area contributed by atoms with Crippen LogP contribution in [-0.4, -0.2) is 22.9 Å². The summed E-state index contributed by atoms with van der Waals surface area (Å²) in [6.07, 6.45) is 4.56. The van der Waals surface area contributed by atoms with Crippen LogP contribution in [0.2, 0.25) is 0 Å². The molecule has 0 unspecified atom stereocenters. The van der Waals surface area contributed by atoms with Gasteiger partial charge in [-0.25, -0.2) is 8.42 Å². The van der Waals surface area contributed by atoms with Gasteiger partial charge in [0.05, 0.1) is 17.6 Å². The highest BCUT2D eigenvalue weighted by Crippen LogP contribution is 2.30. The van der Waals surface area contributed by atoms with E-state index in [9.17, 15) is 8.42 Å². The van der Waals surface area contributed by atoms with Crippen LogP contribution in [0.15, 0.2) is 36.7 Å². The fourth-order valence-electron chi connectivity index (χ4n) is 1.83. The topological polar surface area (TPSA) is 78.0 Å². The second-order valence-corrected chi connectivity index (χ2v) is 6.54. The molecule has 0 atom stereocenters. The number of hydrogen-bond acceptors (Lipinski definition) is 4. The molecule has 5 nitrogen and oxygen atoms in total. The van der Waals surface area contributed by atoms with Gasteiger partial charge in [0.1, 0.15) is 0 Å². The summed E-state index contributed by atoms with van der Waals surface area (Å²) < 4.78 is 25.0. The van der Waals surface area contributed by atoms with Crippen molar-refractivity contribution in [2.24, 2.45) is 0 Å². The largest absolute Gasteiger partial charge is 0.399 e. The van der Waals surface area contributed by atoms with Gasteiger partial charge in [-0.1, -0.05) is 12.1 Å². The van der Waals surface area contributed by atoms with E-state index in [1.165, 1.54) is 0 Å². The van der Waals surface area contributed by atoms with Crippen LogP contribution in [-0.2, 0) is 10.0 Å². The molecule has 0 saturated heterocycles. The molecule has 0 bridgehead atoms. The number of anilines is 1. The minimum Gasteiger partial charge on any atom is -0.399 e. The lowest BCUT2D eigenvalue weighted by Crippen LogP contribution is -2.17. The molecular formula is C12H13N3O2S. The third kappa shape index (κ3) is 1.88. The third-order valence-corrected chi connectivity index (χ3v) is 5.02. The predicted octanol–water partition coefficient (Wildman–Crippen LogP) is 1.47. The van der Waals surface area contributed by atoms with E-state index in [0.717, 1.165) is 28.1 Å². The SMILES string of the molecule is Nc1cccc(-c2cnn(S(=O)(=O)C3CC3)c2)c1. The number of benzene rings is 1. The molecule has 1 heterocycles. The molecule has 3 rings (SSSR count). The summed E-state index contributed by atoms with van der Waals surface area (Å²) in [7, 11) is -3.29. The van der Waals surface area contributed by atoms with E-state index >= 15 is 0 Å². The lowest BCUT2D eigenvalue weighted by molar-refractivity contribution is 0.578. The van der Waals surface area contributed by atoms with Crippen LogP contribution in [0.3, 0.4) is 0 Å². The Labute approximate surface area is 105 Å². The first-order chi connectivity index (χ1) is 8.57. The average Bonchev–Trinajstić information content (AvgIpc) is 3.07. The molecule has 2 aromatic rings. The van der Waals surface area contributed by atoms with E-state index in [0.29, 0.717) is 5.69 Å². The molecule has 1 aromatic heterocycles. The highest BCUT2D eigenvalue weighted by atomic mass is 32.2. The van der Waals surface area contributed by atoms with Crippen molar-refractivity contribution in [2.75, 3.05) is 5.73 Å². The minimum atomic E-state index is -3.29. The first-order valence-corrected chi connectivity index (χ1v) is 7.23. The Morgan fingerprint density at radius 2 is 2.06 bits per heavy atom. The first kappa shape index (κ1) is 11.3. The van der Waals surface area contributed by atoms with Crippen LogP contribution in [0, 0.1) is 0 Å². The summed E-state index contributed by atoms with van der Waals surface area (Å²) in [6.45, 7) is 0. The molecule has 1 aromatic carbocycles. The normalized spacial score (nSPS) is 15.8. The number of nitrogens with zero attached hydrogens (tertiary/aromatic N) is 2. The van der Waals surface area contributed by atoms with Gasteiger partial charge >= 0.3 is 0 Å². The molecule has 1 saturated carbocycles. The average molecular weight is 263 g/mol. The lowest BCUT2D eigenvalue weighted by atomic mass is 10.1. The Hall–Kier alpha value is -1.82. The zero-order valence-electron chi connectivity index (χ0n) is 9.65. The zero-order chi connectivity index (χ0) is 12.8. The number of nitrogens with two attached hydrogens (primary N) is 1. The quantitative estimate of drug-likeness (QED) is 0.851. The van der Waals surface area contributed by atoms with Gasteiger partial charge in [-0.2, -0.15) is 9.19 Å². The smallest absolute Gasteiger partial charge is 0.256 e. The fraction of sp³-hybridized carbons (Fsp3) is 0.250.